The van der Waals surface area contributed by atoms with E-state index in [1.54, 1.807) is 6.20 Å². The van der Waals surface area contributed by atoms with Gasteiger partial charge < -0.3 is 14.8 Å². The molecule has 24 heavy (non-hydrogen) atoms. The number of amides is 1. The smallest absolute Gasteiger partial charge is 0.220 e. The molecule has 0 saturated heterocycles. The highest BCUT2D eigenvalue weighted by Gasteiger charge is 2.12. The Kier molecular flexibility index (Phi) is 6.55. The second-order valence-electron chi connectivity index (χ2n) is 6.25. The summed E-state index contributed by atoms with van der Waals surface area (Å²) in [4.78, 5) is 16.1. The van der Waals surface area contributed by atoms with E-state index < -0.39 is 0 Å². The number of rotatable bonds is 8. The van der Waals surface area contributed by atoms with Gasteiger partial charge in [0.25, 0.3) is 0 Å². The normalized spacial score (nSPS) is 12.4. The van der Waals surface area contributed by atoms with E-state index in [9.17, 15) is 4.79 Å². The van der Waals surface area contributed by atoms with Crippen LogP contribution in [-0.4, -0.2) is 28.6 Å². The van der Waals surface area contributed by atoms with Crippen molar-refractivity contribution in [3.05, 3.63) is 41.9 Å². The average molecular weight is 330 g/mol. The van der Waals surface area contributed by atoms with Crippen LogP contribution in [0.4, 0.5) is 0 Å². The van der Waals surface area contributed by atoms with Gasteiger partial charge in [-0.2, -0.15) is 0 Å². The van der Waals surface area contributed by atoms with Gasteiger partial charge in [0.2, 0.25) is 5.91 Å². The van der Waals surface area contributed by atoms with Crippen molar-refractivity contribution in [2.75, 3.05) is 6.61 Å². The molecule has 0 aliphatic rings. The van der Waals surface area contributed by atoms with Crippen LogP contribution in [0.25, 0.3) is 11.3 Å². The number of oxazole rings is 1. The van der Waals surface area contributed by atoms with Gasteiger partial charge in [0.05, 0.1) is 18.8 Å². The highest BCUT2D eigenvalue weighted by molar-refractivity contribution is 5.76. The van der Waals surface area contributed by atoms with Crippen molar-refractivity contribution >= 4 is 5.91 Å². The van der Waals surface area contributed by atoms with Gasteiger partial charge in [0.1, 0.15) is 0 Å². The number of carbonyl (C=O) groups excluding carboxylic acids is 1. The molecule has 2 N–H and O–H groups in total. The summed E-state index contributed by atoms with van der Waals surface area (Å²) in [5, 5.41) is 11.9. The summed E-state index contributed by atoms with van der Waals surface area (Å²) in [6.45, 7) is 6.20. The molecule has 1 unspecified atom stereocenters. The lowest BCUT2D eigenvalue weighted by Crippen LogP contribution is -2.37. The molecule has 0 aliphatic heterocycles. The van der Waals surface area contributed by atoms with Gasteiger partial charge in [-0.15, -0.1) is 0 Å². The Labute approximate surface area is 143 Å². The molecule has 5 heteroatoms. The van der Waals surface area contributed by atoms with Gasteiger partial charge in [0.15, 0.2) is 11.7 Å². The number of aromatic nitrogens is 1. The molecule has 0 fully saturated rings. The van der Waals surface area contributed by atoms with E-state index in [1.165, 1.54) is 5.56 Å². The van der Waals surface area contributed by atoms with Crippen LogP contribution in [0.15, 0.2) is 34.9 Å². The number of aliphatic hydroxyl groups excluding tert-OH is 1. The Hall–Kier alpha value is -2.14. The van der Waals surface area contributed by atoms with Gasteiger partial charge in [0, 0.05) is 18.4 Å². The fourth-order valence-electron chi connectivity index (χ4n) is 2.39. The van der Waals surface area contributed by atoms with Crippen molar-refractivity contribution in [1.29, 1.82) is 0 Å². The van der Waals surface area contributed by atoms with Crippen molar-refractivity contribution < 1.29 is 14.3 Å². The Morgan fingerprint density at radius 3 is 2.58 bits per heavy atom. The number of nitrogens with one attached hydrogen (secondary N) is 1. The van der Waals surface area contributed by atoms with Gasteiger partial charge in [-0.05, 0) is 17.9 Å². The molecule has 1 aromatic heterocycles. The predicted molar refractivity (Wildman–Crippen MR) is 93.7 cm³/mol. The van der Waals surface area contributed by atoms with Crippen LogP contribution in [0.2, 0.25) is 0 Å². The third-order valence-corrected chi connectivity index (χ3v) is 4.06. The zero-order chi connectivity index (χ0) is 17.5. The molecule has 1 atom stereocenters. The van der Waals surface area contributed by atoms with Crippen LogP contribution in [0.5, 0.6) is 0 Å². The highest BCUT2D eigenvalue weighted by Crippen LogP contribution is 2.23. The number of nitrogens with zero attached hydrogens (tertiary/aromatic N) is 1. The Morgan fingerprint density at radius 2 is 2.00 bits per heavy atom. The number of aryl methyl sites for hydroxylation is 1. The molecular weight excluding hydrogens is 304 g/mol. The highest BCUT2D eigenvalue weighted by atomic mass is 16.4. The summed E-state index contributed by atoms with van der Waals surface area (Å²) in [6.07, 6.45) is 3.14. The summed E-state index contributed by atoms with van der Waals surface area (Å²) < 4.78 is 5.74. The summed E-state index contributed by atoms with van der Waals surface area (Å²) in [5.74, 6) is 1.65. The van der Waals surface area contributed by atoms with Crippen molar-refractivity contribution in [3.63, 3.8) is 0 Å². The van der Waals surface area contributed by atoms with E-state index in [0.29, 0.717) is 36.8 Å². The van der Waals surface area contributed by atoms with Crippen LogP contribution in [0, 0.1) is 0 Å². The second-order valence-corrected chi connectivity index (χ2v) is 6.25. The molecule has 0 aliphatic carbocycles. The van der Waals surface area contributed by atoms with Crippen LogP contribution in [0.3, 0.4) is 0 Å². The van der Waals surface area contributed by atoms with Crippen LogP contribution >= 0.6 is 0 Å². The van der Waals surface area contributed by atoms with E-state index >= 15 is 0 Å². The van der Waals surface area contributed by atoms with E-state index in [0.717, 1.165) is 5.56 Å². The van der Waals surface area contributed by atoms with Crippen molar-refractivity contribution in [1.82, 2.24) is 10.3 Å². The fraction of sp³-hybridized carbons (Fsp3) is 0.474. The predicted octanol–water partition coefficient (Wildman–Crippen LogP) is 3.28. The first kappa shape index (κ1) is 18.2. The maximum Gasteiger partial charge on any atom is 0.220 e. The monoisotopic (exact) mass is 330 g/mol. The first-order valence-electron chi connectivity index (χ1n) is 8.48. The van der Waals surface area contributed by atoms with Crippen LogP contribution in [-0.2, 0) is 11.2 Å². The summed E-state index contributed by atoms with van der Waals surface area (Å²) in [6, 6.07) is 8.06. The lowest BCUT2D eigenvalue weighted by Gasteiger charge is -2.13. The Morgan fingerprint density at radius 1 is 1.29 bits per heavy atom. The quantitative estimate of drug-likeness (QED) is 0.779. The lowest BCUT2D eigenvalue weighted by molar-refractivity contribution is -0.122. The summed E-state index contributed by atoms with van der Waals surface area (Å²) in [5.41, 5.74) is 2.26. The molecule has 2 rings (SSSR count). The van der Waals surface area contributed by atoms with Crippen molar-refractivity contribution in [2.45, 2.75) is 52.0 Å². The first-order chi connectivity index (χ1) is 11.5. The van der Waals surface area contributed by atoms with Gasteiger partial charge >= 0.3 is 0 Å². The number of carbonyl (C=O) groups is 1. The van der Waals surface area contributed by atoms with Crippen molar-refractivity contribution in [2.24, 2.45) is 0 Å². The molecule has 130 valence electrons. The lowest BCUT2D eigenvalue weighted by atomic mass is 10.0. The topological polar surface area (TPSA) is 75.4 Å². The molecule has 2 aromatic rings. The third-order valence-electron chi connectivity index (χ3n) is 4.06. The minimum Gasteiger partial charge on any atom is -0.441 e. The molecule has 5 nitrogen and oxygen atoms in total. The molecule has 0 saturated carbocycles. The molecule has 0 bridgehead atoms. The molecule has 1 aromatic carbocycles. The molecule has 0 spiro atoms. The van der Waals surface area contributed by atoms with E-state index in [4.69, 9.17) is 9.52 Å². The molecule has 1 amide bonds. The standard InChI is InChI=1S/C19H26N2O3/c1-4-16(12-22)21-18(23)9-10-19-20-11-17(24-19)15-7-5-14(6-8-15)13(2)3/h5-8,11,13,16,22H,4,9-10,12H2,1-3H3,(H,21,23). The number of aliphatic hydroxyl groups is 1. The van der Waals surface area contributed by atoms with Gasteiger partial charge in [-0.3, -0.25) is 4.79 Å². The van der Waals surface area contributed by atoms with Crippen molar-refractivity contribution in [3.8, 4) is 11.3 Å². The minimum atomic E-state index is -0.183. The third kappa shape index (κ3) is 4.93. The van der Waals surface area contributed by atoms with Gasteiger partial charge in [-0.25, -0.2) is 4.98 Å². The largest absolute Gasteiger partial charge is 0.441 e. The van der Waals surface area contributed by atoms with E-state index in [1.807, 2.05) is 19.1 Å². The maximum absolute atomic E-state index is 11.8. The second kappa shape index (κ2) is 8.64. The summed E-state index contributed by atoms with van der Waals surface area (Å²) >= 11 is 0. The number of hydrogen-bond acceptors (Lipinski definition) is 4. The zero-order valence-electron chi connectivity index (χ0n) is 14.6. The van der Waals surface area contributed by atoms with Gasteiger partial charge in [-0.1, -0.05) is 45.0 Å². The average Bonchev–Trinajstić information content (AvgIpc) is 3.07. The minimum absolute atomic E-state index is 0.0439. The summed E-state index contributed by atoms with van der Waals surface area (Å²) in [7, 11) is 0. The molecule has 1 heterocycles. The number of hydrogen-bond donors (Lipinski definition) is 2. The van der Waals surface area contributed by atoms with E-state index in [2.05, 4.69) is 36.3 Å². The molecule has 0 radical (unpaired) electrons. The van der Waals surface area contributed by atoms with E-state index in [-0.39, 0.29) is 18.6 Å². The Balaban J connectivity index is 1.92. The molecular formula is C19H26N2O3. The SMILES string of the molecule is CCC(CO)NC(=O)CCc1ncc(-c2ccc(C(C)C)cc2)o1. The zero-order valence-corrected chi connectivity index (χ0v) is 14.6. The number of benzene rings is 1. The van der Waals surface area contributed by atoms with Crippen LogP contribution < -0.4 is 5.32 Å². The Bertz CT molecular complexity index is 643. The maximum atomic E-state index is 11.8. The fourth-order valence-corrected chi connectivity index (χ4v) is 2.39. The first-order valence-corrected chi connectivity index (χ1v) is 8.48. The van der Waals surface area contributed by atoms with Crippen LogP contribution in [0.1, 0.15) is 51.0 Å².